The van der Waals surface area contributed by atoms with E-state index >= 15 is 0 Å². The van der Waals surface area contributed by atoms with Crippen molar-refractivity contribution in [1.29, 1.82) is 0 Å². The van der Waals surface area contributed by atoms with Crippen LogP contribution in [0.25, 0.3) is 0 Å². The molecule has 96 valence electrons. The smallest absolute Gasteiger partial charge is 0.129 e. The maximum Gasteiger partial charge on any atom is 0.129 e. The highest BCUT2D eigenvalue weighted by Gasteiger charge is 2.13. The van der Waals surface area contributed by atoms with Crippen LogP contribution in [0.2, 0.25) is 0 Å². The van der Waals surface area contributed by atoms with Gasteiger partial charge in [0.25, 0.3) is 0 Å². The molecule has 0 aliphatic rings. The van der Waals surface area contributed by atoms with Crippen LogP contribution in [0.5, 0.6) is 0 Å². The van der Waals surface area contributed by atoms with Gasteiger partial charge in [-0.1, -0.05) is 19.9 Å². The molecule has 1 heterocycles. The molecule has 0 atom stereocenters. The molecule has 0 bridgehead atoms. The molecule has 17 heavy (non-hydrogen) atoms. The summed E-state index contributed by atoms with van der Waals surface area (Å²) in [5.74, 6) is 1.73. The monoisotopic (exact) mass is 235 g/mol. The lowest BCUT2D eigenvalue weighted by atomic mass is 10.1. The van der Waals surface area contributed by atoms with Crippen molar-refractivity contribution in [3.05, 3.63) is 23.9 Å². The number of hydrogen-bond acceptors (Lipinski definition) is 3. The summed E-state index contributed by atoms with van der Waals surface area (Å²) in [5, 5.41) is 3.14. The van der Waals surface area contributed by atoms with Crippen LogP contribution >= 0.6 is 0 Å². The molecule has 0 saturated heterocycles. The number of nitrogens with one attached hydrogen (secondary N) is 1. The van der Waals surface area contributed by atoms with Gasteiger partial charge in [0.1, 0.15) is 5.82 Å². The normalized spacial score (nSPS) is 11.2. The van der Waals surface area contributed by atoms with Crippen molar-refractivity contribution in [3.63, 3.8) is 0 Å². The van der Waals surface area contributed by atoms with Crippen LogP contribution in [0.1, 0.15) is 33.4 Å². The molecule has 0 fully saturated rings. The third kappa shape index (κ3) is 4.35. The Morgan fingerprint density at radius 3 is 2.47 bits per heavy atom. The molecule has 1 N–H and O–H groups in total. The first-order chi connectivity index (χ1) is 8.04. The average Bonchev–Trinajstić information content (AvgIpc) is 2.26. The van der Waals surface area contributed by atoms with Crippen molar-refractivity contribution < 1.29 is 0 Å². The summed E-state index contributed by atoms with van der Waals surface area (Å²) in [4.78, 5) is 7.07. The lowest BCUT2D eigenvalue weighted by Crippen LogP contribution is -2.35. The molecular formula is C14H25N3. The zero-order valence-corrected chi connectivity index (χ0v) is 11.7. The minimum Gasteiger partial charge on any atom is -0.354 e. The maximum absolute atomic E-state index is 4.70. The molecule has 0 spiro atoms. The summed E-state index contributed by atoms with van der Waals surface area (Å²) < 4.78 is 0. The number of anilines is 1. The van der Waals surface area contributed by atoms with Gasteiger partial charge in [0.15, 0.2) is 0 Å². The topological polar surface area (TPSA) is 28.2 Å². The highest BCUT2D eigenvalue weighted by molar-refractivity contribution is 5.40. The molecule has 0 aliphatic carbocycles. The molecule has 3 nitrogen and oxygen atoms in total. The average molecular weight is 235 g/mol. The van der Waals surface area contributed by atoms with Gasteiger partial charge >= 0.3 is 0 Å². The van der Waals surface area contributed by atoms with Crippen molar-refractivity contribution in [2.24, 2.45) is 5.92 Å². The van der Waals surface area contributed by atoms with Crippen molar-refractivity contribution >= 4 is 5.82 Å². The fourth-order valence-corrected chi connectivity index (χ4v) is 1.87. The molecule has 0 unspecified atom stereocenters. The molecule has 3 heteroatoms. The van der Waals surface area contributed by atoms with Crippen LogP contribution < -0.4 is 10.2 Å². The Bertz CT molecular complexity index is 334. The van der Waals surface area contributed by atoms with Crippen molar-refractivity contribution in [1.82, 2.24) is 10.3 Å². The van der Waals surface area contributed by atoms with Crippen LogP contribution in [0.15, 0.2) is 18.2 Å². The van der Waals surface area contributed by atoms with E-state index in [0.717, 1.165) is 24.6 Å². The number of pyridine rings is 1. The minimum absolute atomic E-state index is 0.481. The Kier molecular flexibility index (Phi) is 5.42. The van der Waals surface area contributed by atoms with Crippen LogP contribution in [0, 0.1) is 5.92 Å². The number of nitrogens with zero attached hydrogens (tertiary/aromatic N) is 2. The molecule has 0 aliphatic heterocycles. The molecule has 0 aromatic carbocycles. The van der Waals surface area contributed by atoms with E-state index in [9.17, 15) is 0 Å². The van der Waals surface area contributed by atoms with Crippen LogP contribution in [0.4, 0.5) is 5.82 Å². The number of hydrogen-bond donors (Lipinski definition) is 1. The summed E-state index contributed by atoms with van der Waals surface area (Å²) in [6.45, 7) is 10.8. The summed E-state index contributed by atoms with van der Waals surface area (Å²) in [6, 6.07) is 6.73. The Hall–Kier alpha value is -1.09. The van der Waals surface area contributed by atoms with Gasteiger partial charge in [-0.05, 0) is 38.9 Å². The lowest BCUT2D eigenvalue weighted by molar-refractivity contribution is 0.565. The van der Waals surface area contributed by atoms with Gasteiger partial charge < -0.3 is 10.2 Å². The third-order valence-electron chi connectivity index (χ3n) is 2.63. The second-order valence-corrected chi connectivity index (χ2v) is 5.16. The van der Waals surface area contributed by atoms with Gasteiger partial charge in [-0.25, -0.2) is 4.98 Å². The van der Waals surface area contributed by atoms with Crippen molar-refractivity contribution in [2.75, 3.05) is 18.5 Å². The molecule has 1 aromatic heterocycles. The van der Waals surface area contributed by atoms with E-state index in [2.05, 4.69) is 56.1 Å². The highest BCUT2D eigenvalue weighted by atomic mass is 15.2. The van der Waals surface area contributed by atoms with E-state index in [-0.39, 0.29) is 0 Å². The predicted molar refractivity (Wildman–Crippen MR) is 74.3 cm³/mol. The van der Waals surface area contributed by atoms with E-state index < -0.39 is 0 Å². The van der Waals surface area contributed by atoms with E-state index in [0.29, 0.717) is 12.0 Å². The molecule has 0 saturated carbocycles. The Morgan fingerprint density at radius 2 is 1.94 bits per heavy atom. The largest absolute Gasteiger partial charge is 0.354 e. The Balaban J connectivity index is 2.89. The molecule has 0 amide bonds. The standard InChI is InChI=1S/C14H25N3/c1-11(2)10-17(12(3)4)14-8-6-7-13(16-14)9-15-5/h6-8,11-12,15H,9-10H2,1-5H3. The molecule has 1 rings (SSSR count). The van der Waals surface area contributed by atoms with Gasteiger partial charge in [0.2, 0.25) is 0 Å². The fourth-order valence-electron chi connectivity index (χ4n) is 1.87. The zero-order chi connectivity index (χ0) is 12.8. The quantitative estimate of drug-likeness (QED) is 0.821. The van der Waals surface area contributed by atoms with E-state index in [1.54, 1.807) is 0 Å². The van der Waals surface area contributed by atoms with E-state index in [4.69, 9.17) is 4.98 Å². The molecule has 0 radical (unpaired) electrons. The second kappa shape index (κ2) is 6.60. The minimum atomic E-state index is 0.481. The van der Waals surface area contributed by atoms with Crippen molar-refractivity contribution in [3.8, 4) is 0 Å². The maximum atomic E-state index is 4.70. The zero-order valence-electron chi connectivity index (χ0n) is 11.7. The summed E-state index contributed by atoms with van der Waals surface area (Å²) in [6.07, 6.45) is 0. The van der Waals surface area contributed by atoms with Crippen LogP contribution in [-0.4, -0.2) is 24.6 Å². The fraction of sp³-hybridized carbons (Fsp3) is 0.643. The van der Waals surface area contributed by atoms with E-state index in [1.807, 2.05) is 7.05 Å². The summed E-state index contributed by atoms with van der Waals surface area (Å²) >= 11 is 0. The first kappa shape index (κ1) is 14.0. The van der Waals surface area contributed by atoms with Gasteiger partial charge in [-0.2, -0.15) is 0 Å². The molecular weight excluding hydrogens is 210 g/mol. The predicted octanol–water partition coefficient (Wildman–Crippen LogP) is 2.67. The van der Waals surface area contributed by atoms with Gasteiger partial charge in [-0.15, -0.1) is 0 Å². The highest BCUT2D eigenvalue weighted by Crippen LogP contribution is 2.16. The first-order valence-corrected chi connectivity index (χ1v) is 6.41. The van der Waals surface area contributed by atoms with Crippen LogP contribution in [0.3, 0.4) is 0 Å². The Morgan fingerprint density at radius 1 is 1.24 bits per heavy atom. The van der Waals surface area contributed by atoms with Crippen LogP contribution in [-0.2, 0) is 6.54 Å². The Labute approximate surface area is 105 Å². The lowest BCUT2D eigenvalue weighted by Gasteiger charge is -2.29. The van der Waals surface area contributed by atoms with Gasteiger partial charge in [0, 0.05) is 19.1 Å². The third-order valence-corrected chi connectivity index (χ3v) is 2.63. The number of rotatable bonds is 6. The van der Waals surface area contributed by atoms with E-state index in [1.165, 1.54) is 0 Å². The first-order valence-electron chi connectivity index (χ1n) is 6.41. The number of aromatic nitrogens is 1. The second-order valence-electron chi connectivity index (χ2n) is 5.16. The van der Waals surface area contributed by atoms with Crippen molar-refractivity contribution in [2.45, 2.75) is 40.3 Å². The van der Waals surface area contributed by atoms with Gasteiger partial charge in [-0.3, -0.25) is 0 Å². The summed E-state index contributed by atoms with van der Waals surface area (Å²) in [5.41, 5.74) is 1.10. The summed E-state index contributed by atoms with van der Waals surface area (Å²) in [7, 11) is 1.95. The molecule has 1 aromatic rings. The van der Waals surface area contributed by atoms with Gasteiger partial charge in [0.05, 0.1) is 5.69 Å². The SMILES string of the molecule is CNCc1cccc(N(CC(C)C)C(C)C)n1.